The van der Waals surface area contributed by atoms with Gasteiger partial charge in [-0.05, 0) is 45.9 Å². The van der Waals surface area contributed by atoms with Gasteiger partial charge in [-0.2, -0.15) is 0 Å². The molecule has 2 heterocycles. The van der Waals surface area contributed by atoms with Gasteiger partial charge in [0.1, 0.15) is 5.70 Å². The Morgan fingerprint density at radius 1 is 1.00 bits per heavy atom. The summed E-state index contributed by atoms with van der Waals surface area (Å²) in [5.41, 5.74) is 5.10. The van der Waals surface area contributed by atoms with Crippen molar-refractivity contribution in [2.45, 2.75) is 53.0 Å². The predicted molar refractivity (Wildman–Crippen MR) is 130 cm³/mol. The first-order chi connectivity index (χ1) is 16.5. The van der Waals surface area contributed by atoms with Crippen molar-refractivity contribution < 1.29 is 8.78 Å². The van der Waals surface area contributed by atoms with E-state index in [1.807, 2.05) is 36.1 Å². The molecule has 0 amide bonds. The highest BCUT2D eigenvalue weighted by Gasteiger charge is 2.33. The molecule has 6 nitrogen and oxygen atoms in total. The summed E-state index contributed by atoms with van der Waals surface area (Å²) in [5, 5.41) is 14.2. The first-order valence-electron chi connectivity index (χ1n) is 11.9. The van der Waals surface area contributed by atoms with Gasteiger partial charge in [-0.15, -0.1) is 5.10 Å². The number of alkyl halides is 2. The van der Waals surface area contributed by atoms with Crippen LogP contribution >= 0.6 is 0 Å². The van der Waals surface area contributed by atoms with Gasteiger partial charge in [0.05, 0.1) is 6.67 Å². The molecule has 1 aliphatic rings. The third-order valence-electron chi connectivity index (χ3n) is 6.20. The number of aromatic nitrogens is 4. The lowest BCUT2D eigenvalue weighted by molar-refractivity contribution is 0.136. The van der Waals surface area contributed by atoms with Gasteiger partial charge in [-0.25, -0.2) is 13.9 Å². The standard InChI is InChI=1S/C26H32F2N6/c1-4-7-23-24(25(27)28)33(15-14-18(2)3)17-34(23)16-19-10-12-20(13-11-19)21-8-5-6-9-22(21)26-29-31-32-30-26/h5-6,8-13,18,25H,4,7,14-17H2,1-3H3,(H,29,30,31,32). The Morgan fingerprint density at radius 3 is 2.35 bits per heavy atom. The van der Waals surface area contributed by atoms with Gasteiger partial charge in [-0.1, -0.05) is 75.7 Å². The van der Waals surface area contributed by atoms with Gasteiger partial charge in [-0.3, -0.25) is 0 Å². The zero-order valence-electron chi connectivity index (χ0n) is 20.0. The number of rotatable bonds is 10. The fourth-order valence-electron chi connectivity index (χ4n) is 4.47. The summed E-state index contributed by atoms with van der Waals surface area (Å²) in [6, 6.07) is 16.3. The zero-order chi connectivity index (χ0) is 24.1. The number of nitrogens with one attached hydrogen (secondary N) is 1. The monoisotopic (exact) mass is 466 g/mol. The molecule has 1 aromatic heterocycles. The SMILES string of the molecule is CCCC1=C(C(F)F)N(CCC(C)C)CN1Cc1ccc(-c2ccccc2-c2nnn[nH]2)cc1. The van der Waals surface area contributed by atoms with E-state index in [4.69, 9.17) is 0 Å². The first kappa shape index (κ1) is 23.9. The first-order valence-corrected chi connectivity index (χ1v) is 11.9. The molecule has 0 atom stereocenters. The summed E-state index contributed by atoms with van der Waals surface area (Å²) in [7, 11) is 0. The maximum atomic E-state index is 14.1. The average Bonchev–Trinajstić information content (AvgIpc) is 3.47. The molecule has 8 heteroatoms. The normalized spacial score (nSPS) is 14.2. The highest BCUT2D eigenvalue weighted by Crippen LogP contribution is 2.34. The predicted octanol–water partition coefficient (Wildman–Crippen LogP) is 5.93. The number of halogens is 2. The quantitative estimate of drug-likeness (QED) is 0.401. The molecule has 0 radical (unpaired) electrons. The molecule has 3 aromatic rings. The van der Waals surface area contributed by atoms with E-state index in [9.17, 15) is 8.78 Å². The van der Waals surface area contributed by atoms with Crippen molar-refractivity contribution in [2.24, 2.45) is 5.92 Å². The average molecular weight is 467 g/mol. The number of hydrogen-bond donors (Lipinski definition) is 1. The number of tetrazole rings is 1. The molecule has 0 bridgehead atoms. The number of allylic oxidation sites excluding steroid dienone is 2. The molecule has 0 saturated heterocycles. The number of hydrogen-bond acceptors (Lipinski definition) is 5. The van der Waals surface area contributed by atoms with Crippen LogP contribution in [0.5, 0.6) is 0 Å². The van der Waals surface area contributed by atoms with Crippen LogP contribution in [0.15, 0.2) is 59.9 Å². The molecule has 34 heavy (non-hydrogen) atoms. The summed E-state index contributed by atoms with van der Waals surface area (Å²) in [6.45, 7) is 8.09. The largest absolute Gasteiger partial charge is 0.351 e. The van der Waals surface area contributed by atoms with Crippen molar-refractivity contribution >= 4 is 0 Å². The summed E-state index contributed by atoms with van der Waals surface area (Å²) in [5.74, 6) is 1.10. The second kappa shape index (κ2) is 10.8. The van der Waals surface area contributed by atoms with E-state index in [0.29, 0.717) is 37.9 Å². The molecule has 4 rings (SSSR count). The second-order valence-corrected chi connectivity index (χ2v) is 9.16. The van der Waals surface area contributed by atoms with Crippen molar-refractivity contribution in [2.75, 3.05) is 13.2 Å². The van der Waals surface area contributed by atoms with Crippen LogP contribution in [0, 0.1) is 5.92 Å². The molecule has 1 aliphatic heterocycles. The van der Waals surface area contributed by atoms with Crippen molar-refractivity contribution in [3.8, 4) is 22.5 Å². The van der Waals surface area contributed by atoms with Crippen LogP contribution in [0.1, 0.15) is 45.6 Å². The third kappa shape index (κ3) is 5.26. The van der Waals surface area contributed by atoms with Crippen molar-refractivity contribution in [1.82, 2.24) is 30.4 Å². The number of aromatic amines is 1. The topological polar surface area (TPSA) is 60.9 Å². The Hall–Kier alpha value is -3.29. The van der Waals surface area contributed by atoms with Crippen LogP contribution in [0.25, 0.3) is 22.5 Å². The molecular formula is C26H32F2N6. The fraction of sp³-hybridized carbons (Fsp3) is 0.423. The lowest BCUT2D eigenvalue weighted by Gasteiger charge is -2.25. The zero-order valence-corrected chi connectivity index (χ0v) is 20.0. The number of H-pyrrole nitrogens is 1. The number of benzene rings is 2. The van der Waals surface area contributed by atoms with E-state index in [0.717, 1.165) is 40.8 Å². The molecule has 0 aliphatic carbocycles. The van der Waals surface area contributed by atoms with Crippen molar-refractivity contribution in [1.29, 1.82) is 0 Å². The van der Waals surface area contributed by atoms with E-state index < -0.39 is 6.43 Å². The Bertz CT molecular complexity index is 1090. The van der Waals surface area contributed by atoms with Crippen LogP contribution in [-0.4, -0.2) is 50.1 Å². The van der Waals surface area contributed by atoms with Gasteiger partial charge in [0.2, 0.25) is 0 Å². The van der Waals surface area contributed by atoms with E-state index in [-0.39, 0.29) is 5.70 Å². The second-order valence-electron chi connectivity index (χ2n) is 9.16. The van der Waals surface area contributed by atoms with Crippen molar-refractivity contribution in [3.63, 3.8) is 0 Å². The van der Waals surface area contributed by atoms with Crippen LogP contribution in [0.4, 0.5) is 8.78 Å². The summed E-state index contributed by atoms with van der Waals surface area (Å²) >= 11 is 0. The minimum absolute atomic E-state index is 0.216. The van der Waals surface area contributed by atoms with Gasteiger partial charge in [0.25, 0.3) is 6.43 Å². The van der Waals surface area contributed by atoms with Crippen LogP contribution in [0.3, 0.4) is 0 Å². The minimum atomic E-state index is -2.46. The molecular weight excluding hydrogens is 434 g/mol. The molecule has 2 aromatic carbocycles. The molecule has 1 N–H and O–H groups in total. The highest BCUT2D eigenvalue weighted by molar-refractivity contribution is 5.80. The summed E-state index contributed by atoms with van der Waals surface area (Å²) < 4.78 is 28.1. The molecule has 0 unspecified atom stereocenters. The van der Waals surface area contributed by atoms with Crippen LogP contribution in [0.2, 0.25) is 0 Å². The Morgan fingerprint density at radius 2 is 1.74 bits per heavy atom. The Labute approximate surface area is 199 Å². The maximum absolute atomic E-state index is 14.1. The number of nitrogens with zero attached hydrogens (tertiary/aromatic N) is 5. The third-order valence-corrected chi connectivity index (χ3v) is 6.20. The van der Waals surface area contributed by atoms with Gasteiger partial charge < -0.3 is 9.80 Å². The van der Waals surface area contributed by atoms with E-state index in [1.165, 1.54) is 0 Å². The fourth-order valence-corrected chi connectivity index (χ4v) is 4.47. The molecule has 0 saturated carbocycles. The Balaban J connectivity index is 1.55. The Kier molecular flexibility index (Phi) is 7.55. The lowest BCUT2D eigenvalue weighted by atomic mass is 9.98. The van der Waals surface area contributed by atoms with Gasteiger partial charge >= 0.3 is 0 Å². The van der Waals surface area contributed by atoms with Crippen molar-refractivity contribution in [3.05, 3.63) is 65.5 Å². The minimum Gasteiger partial charge on any atom is -0.351 e. The van der Waals surface area contributed by atoms with Gasteiger partial charge in [0, 0.05) is 24.4 Å². The van der Waals surface area contributed by atoms with E-state index in [2.05, 4.69) is 63.6 Å². The smallest absolute Gasteiger partial charge is 0.279 e. The maximum Gasteiger partial charge on any atom is 0.279 e. The van der Waals surface area contributed by atoms with Crippen LogP contribution in [-0.2, 0) is 6.54 Å². The summed E-state index contributed by atoms with van der Waals surface area (Å²) in [6.07, 6.45) is -0.0535. The van der Waals surface area contributed by atoms with Gasteiger partial charge in [0.15, 0.2) is 5.82 Å². The summed E-state index contributed by atoms with van der Waals surface area (Å²) in [4.78, 5) is 4.00. The molecule has 180 valence electrons. The molecule has 0 spiro atoms. The lowest BCUT2D eigenvalue weighted by Crippen LogP contribution is -2.30. The van der Waals surface area contributed by atoms with E-state index >= 15 is 0 Å². The molecule has 0 fully saturated rings. The van der Waals surface area contributed by atoms with Crippen LogP contribution < -0.4 is 0 Å². The highest BCUT2D eigenvalue weighted by atomic mass is 19.3. The van der Waals surface area contributed by atoms with E-state index in [1.54, 1.807) is 0 Å².